The molecule has 1 aliphatic carbocycles. The number of aliphatic imine (C=N–C) groups is 1. The summed E-state index contributed by atoms with van der Waals surface area (Å²) in [5.74, 6) is 1.84. The zero-order chi connectivity index (χ0) is 46.7. The summed E-state index contributed by atoms with van der Waals surface area (Å²) < 4.78 is 16.6. The van der Waals surface area contributed by atoms with Crippen LogP contribution < -0.4 is 4.74 Å². The van der Waals surface area contributed by atoms with Gasteiger partial charge in [0.1, 0.15) is 23.2 Å². The summed E-state index contributed by atoms with van der Waals surface area (Å²) in [6.07, 6.45) is 1.93. The summed E-state index contributed by atoms with van der Waals surface area (Å²) in [6.45, 7) is 38.5. The minimum atomic E-state index is -0.721. The van der Waals surface area contributed by atoms with Gasteiger partial charge in [0, 0.05) is 34.0 Å². The molecule has 0 amide bonds. The van der Waals surface area contributed by atoms with E-state index in [0.717, 1.165) is 33.6 Å². The number of aryl methyl sites for hydroxylation is 2. The molecular formula is C60H65N3O2Pt. The van der Waals surface area contributed by atoms with Crippen LogP contribution in [-0.2, 0) is 58.5 Å². The predicted octanol–water partition coefficient (Wildman–Crippen LogP) is 15.4. The average molecular weight is 1060 g/mol. The van der Waals surface area contributed by atoms with Gasteiger partial charge in [0.05, 0.1) is 5.52 Å². The Morgan fingerprint density at radius 2 is 1.26 bits per heavy atom. The molecular weight excluding hydrogens is 990 g/mol. The molecule has 0 saturated carbocycles. The number of hydrogen-bond acceptors (Lipinski definition) is 4. The van der Waals surface area contributed by atoms with Gasteiger partial charge in [0.2, 0.25) is 0 Å². The SMILES string of the molecule is Cc1cc2c([c-]c1Oc1[c-]c(C3=N[C@@H]4c5ccc(C(C)(C)C)cc5-c5cc(C(C)(C)C)ccc5[C@]4(C)O3)cc(C(C)(C)C)c1)-n1c3nccc(C)c3c3cc(C(C)(C)C)cc(c31)C2(C)C.[Pt+2]. The number of ether oxygens (including phenoxy) is 2. The Labute approximate surface area is 407 Å². The molecule has 4 heterocycles. The Bertz CT molecular complexity index is 3210. The van der Waals surface area contributed by atoms with Crippen molar-refractivity contribution in [3.05, 3.63) is 152 Å². The maximum atomic E-state index is 7.22. The number of benzene rings is 5. The Morgan fingerprint density at radius 1 is 0.636 bits per heavy atom. The van der Waals surface area contributed by atoms with Crippen molar-refractivity contribution in [1.82, 2.24) is 9.55 Å². The fourth-order valence-electron chi connectivity index (χ4n) is 10.5. The number of rotatable bonds is 3. The molecule has 0 unspecified atom stereocenters. The first kappa shape index (κ1) is 46.1. The average Bonchev–Trinajstić information content (AvgIpc) is 3.75. The molecule has 0 N–H and O–H groups in total. The van der Waals surface area contributed by atoms with Gasteiger partial charge in [-0.2, -0.15) is 6.07 Å². The Hall–Kier alpha value is -4.99. The number of hydrogen-bond donors (Lipinski definition) is 0. The first-order valence-corrected chi connectivity index (χ1v) is 23.5. The summed E-state index contributed by atoms with van der Waals surface area (Å²) in [5.41, 5.74) is 17.2. The van der Waals surface area contributed by atoms with Crippen molar-refractivity contribution in [2.45, 2.75) is 156 Å². The van der Waals surface area contributed by atoms with Gasteiger partial charge in [-0.05, 0) is 97.6 Å². The van der Waals surface area contributed by atoms with Crippen LogP contribution in [0.25, 0.3) is 38.8 Å². The molecule has 342 valence electrons. The fourth-order valence-corrected chi connectivity index (χ4v) is 10.5. The maximum absolute atomic E-state index is 7.22. The molecule has 0 spiro atoms. The minimum Gasteiger partial charge on any atom is -0.508 e. The molecule has 7 aromatic rings. The standard InChI is InChI=1S/C60H65N3O2.Pt/c1-33-22-23-61-53-50(33)44-30-39(58(12,13)14)31-47-51(44)63(53)48-32-49(34(2)24-46(48)59(47,15)16)64-40-26-35(25-38(27-40)57(9,10)11)54-62-52-41-20-18-36(55(3,4)5)28-42(41)43-29-37(56(6,7)8)19-21-45(43)60(52,17)65-54;/h18-25,27-31,52H,1-17H3;/q-2;+2/t52-,60+;/m1./s1. The van der Waals surface area contributed by atoms with Crippen molar-refractivity contribution in [2.75, 3.05) is 0 Å². The first-order chi connectivity index (χ1) is 30.2. The van der Waals surface area contributed by atoms with Crippen molar-refractivity contribution in [3.8, 4) is 28.3 Å². The summed E-state index contributed by atoms with van der Waals surface area (Å²) >= 11 is 0. The molecule has 6 heteroatoms. The Kier molecular flexibility index (Phi) is 10.3. The van der Waals surface area contributed by atoms with Gasteiger partial charge in [-0.1, -0.05) is 170 Å². The first-order valence-electron chi connectivity index (χ1n) is 23.5. The van der Waals surface area contributed by atoms with Crippen molar-refractivity contribution >= 4 is 27.8 Å². The van der Waals surface area contributed by atoms with Gasteiger partial charge in [0.15, 0.2) is 0 Å². The van der Waals surface area contributed by atoms with Gasteiger partial charge in [-0.25, -0.2) is 4.98 Å². The minimum absolute atomic E-state index is 0. The second-order valence-corrected chi connectivity index (χ2v) is 24.1. The molecule has 2 aromatic heterocycles. The second-order valence-electron chi connectivity index (χ2n) is 24.1. The maximum Gasteiger partial charge on any atom is 2.00 e. The van der Waals surface area contributed by atoms with Gasteiger partial charge >= 0.3 is 21.1 Å². The fraction of sp³-hybridized carbons (Fsp3) is 0.400. The van der Waals surface area contributed by atoms with Crippen LogP contribution in [0.4, 0.5) is 0 Å². The zero-order valence-electron chi connectivity index (χ0n) is 42.1. The monoisotopic (exact) mass is 1050 g/mol. The molecule has 3 aliphatic rings. The molecule has 5 nitrogen and oxygen atoms in total. The third kappa shape index (κ3) is 7.03. The van der Waals surface area contributed by atoms with E-state index in [0.29, 0.717) is 17.4 Å². The zero-order valence-corrected chi connectivity index (χ0v) is 44.3. The van der Waals surface area contributed by atoms with Crippen LogP contribution in [0.1, 0.15) is 171 Å². The van der Waals surface area contributed by atoms with Gasteiger partial charge in [-0.15, -0.1) is 28.8 Å². The van der Waals surface area contributed by atoms with E-state index in [2.05, 4.69) is 207 Å². The smallest absolute Gasteiger partial charge is 0.508 e. The third-order valence-corrected chi connectivity index (χ3v) is 14.8. The van der Waals surface area contributed by atoms with Crippen LogP contribution in [0.5, 0.6) is 11.5 Å². The summed E-state index contributed by atoms with van der Waals surface area (Å²) in [6, 6.07) is 34.8. The van der Waals surface area contributed by atoms with E-state index in [1.807, 2.05) is 6.20 Å². The summed E-state index contributed by atoms with van der Waals surface area (Å²) in [4.78, 5) is 10.6. The van der Waals surface area contributed by atoms with Crippen molar-refractivity contribution in [2.24, 2.45) is 4.99 Å². The number of pyridine rings is 1. The summed E-state index contributed by atoms with van der Waals surface area (Å²) in [7, 11) is 0. The second kappa shape index (κ2) is 14.8. The van der Waals surface area contributed by atoms with Crippen LogP contribution in [0, 0.1) is 26.0 Å². The molecule has 2 aliphatic heterocycles. The van der Waals surface area contributed by atoms with E-state index in [9.17, 15) is 0 Å². The van der Waals surface area contributed by atoms with Crippen LogP contribution in [0.3, 0.4) is 0 Å². The van der Waals surface area contributed by atoms with E-state index in [-0.39, 0.29) is 54.2 Å². The molecule has 0 radical (unpaired) electrons. The Morgan fingerprint density at radius 3 is 1.91 bits per heavy atom. The molecule has 5 aromatic carbocycles. The van der Waals surface area contributed by atoms with Gasteiger partial charge in [-0.3, -0.25) is 4.99 Å². The molecule has 2 atom stereocenters. The van der Waals surface area contributed by atoms with E-state index in [4.69, 9.17) is 19.5 Å². The number of nitrogens with zero attached hydrogens (tertiary/aromatic N) is 3. The normalized spacial score (nSPS) is 18.5. The van der Waals surface area contributed by atoms with Gasteiger partial charge < -0.3 is 14.0 Å². The van der Waals surface area contributed by atoms with Crippen LogP contribution in [0.15, 0.2) is 84.0 Å². The van der Waals surface area contributed by atoms with E-state index in [1.165, 1.54) is 66.4 Å². The predicted molar refractivity (Wildman–Crippen MR) is 269 cm³/mol. The number of fused-ring (bicyclic) bond motifs is 11. The van der Waals surface area contributed by atoms with E-state index >= 15 is 0 Å². The Balaban J connectivity index is 0.00000548. The molecule has 66 heavy (non-hydrogen) atoms. The van der Waals surface area contributed by atoms with Crippen LogP contribution >= 0.6 is 0 Å². The van der Waals surface area contributed by atoms with E-state index in [1.54, 1.807) is 0 Å². The summed E-state index contributed by atoms with van der Waals surface area (Å²) in [5, 5.41) is 2.42. The van der Waals surface area contributed by atoms with Crippen molar-refractivity contribution in [1.29, 1.82) is 0 Å². The molecule has 0 fully saturated rings. The van der Waals surface area contributed by atoms with Crippen LogP contribution in [0.2, 0.25) is 0 Å². The van der Waals surface area contributed by atoms with Crippen molar-refractivity contribution in [3.63, 3.8) is 0 Å². The van der Waals surface area contributed by atoms with Crippen LogP contribution in [-0.4, -0.2) is 15.4 Å². The molecule has 0 bridgehead atoms. The number of aromatic nitrogens is 2. The van der Waals surface area contributed by atoms with E-state index < -0.39 is 5.60 Å². The largest absolute Gasteiger partial charge is 2.00 e. The third-order valence-electron chi connectivity index (χ3n) is 14.8. The molecule has 0 saturated heterocycles. The van der Waals surface area contributed by atoms with Gasteiger partial charge in [0.25, 0.3) is 0 Å². The quantitative estimate of drug-likeness (QED) is 0.166. The van der Waals surface area contributed by atoms with Crippen molar-refractivity contribution < 1.29 is 30.5 Å². The topological polar surface area (TPSA) is 48.6 Å². The molecule has 10 rings (SSSR count).